The number of methoxy groups -OCH3 is 1. The molecule has 30 heavy (non-hydrogen) atoms. The fourth-order valence-electron chi connectivity index (χ4n) is 2.69. The summed E-state index contributed by atoms with van der Waals surface area (Å²) in [6.07, 6.45) is -2.09. The number of ether oxygens (including phenoxy) is 2. The maximum absolute atomic E-state index is 12.8. The van der Waals surface area contributed by atoms with Gasteiger partial charge in [0.25, 0.3) is 5.91 Å². The molecule has 7 nitrogen and oxygen atoms in total. The van der Waals surface area contributed by atoms with Gasteiger partial charge in [-0.05, 0) is 106 Å². The van der Waals surface area contributed by atoms with Crippen LogP contribution in [-0.4, -0.2) is 30.3 Å². The first-order valence-electron chi connectivity index (χ1n) is 8.49. The minimum absolute atomic E-state index is 0.0582. The number of hydrogen-bond acceptors (Lipinski definition) is 5. The van der Waals surface area contributed by atoms with Gasteiger partial charge in [-0.3, -0.25) is 4.79 Å². The van der Waals surface area contributed by atoms with E-state index in [9.17, 15) is 14.7 Å². The van der Waals surface area contributed by atoms with Gasteiger partial charge in [-0.15, -0.1) is 0 Å². The van der Waals surface area contributed by atoms with Crippen LogP contribution >= 0.6 is 63.7 Å². The summed E-state index contributed by atoms with van der Waals surface area (Å²) in [7, 11) is 1.54. The number of rotatable bonds is 7. The average Bonchev–Trinajstić information content (AvgIpc) is 2.64. The number of phenolic OH excluding ortho intramolecular Hbond substituents is 1. The third-order valence-electron chi connectivity index (χ3n) is 4.13. The number of nitrogens with one attached hydrogen (secondary N) is 1. The van der Waals surface area contributed by atoms with Gasteiger partial charge >= 0.3 is 6.09 Å². The average molecular weight is 674 g/mol. The number of amides is 2. The first kappa shape index (κ1) is 25.0. The zero-order chi connectivity index (χ0) is 22.6. The van der Waals surface area contributed by atoms with E-state index in [-0.39, 0.29) is 12.2 Å². The first-order chi connectivity index (χ1) is 14.0. The highest BCUT2D eigenvalue weighted by Gasteiger charge is 2.25. The van der Waals surface area contributed by atoms with E-state index in [0.717, 1.165) is 11.1 Å². The van der Waals surface area contributed by atoms with Crippen LogP contribution in [-0.2, 0) is 16.0 Å². The smallest absolute Gasteiger partial charge is 0.405 e. The molecule has 0 saturated carbocycles. The van der Waals surface area contributed by atoms with Crippen molar-refractivity contribution in [2.75, 3.05) is 7.11 Å². The second-order valence-electron chi connectivity index (χ2n) is 6.29. The Bertz CT molecular complexity index is 924. The maximum Gasteiger partial charge on any atom is 0.405 e. The molecule has 0 bridgehead atoms. The molecule has 2 unspecified atom stereocenters. The van der Waals surface area contributed by atoms with E-state index >= 15 is 0 Å². The lowest BCUT2D eigenvalue weighted by Crippen LogP contribution is -2.41. The van der Waals surface area contributed by atoms with Gasteiger partial charge in [-0.25, -0.2) is 4.79 Å². The first-order valence-corrected chi connectivity index (χ1v) is 11.7. The number of aromatic hydroxyl groups is 1. The van der Waals surface area contributed by atoms with Crippen LogP contribution in [0.15, 0.2) is 42.2 Å². The summed E-state index contributed by atoms with van der Waals surface area (Å²) in [6, 6.07) is 6.48. The number of carbonyl (C=O) groups excluding carboxylic acids is 2. The number of phenols is 1. The summed E-state index contributed by atoms with van der Waals surface area (Å²) in [5.41, 5.74) is 6.62. The van der Waals surface area contributed by atoms with Crippen molar-refractivity contribution < 1.29 is 24.2 Å². The van der Waals surface area contributed by atoms with Crippen molar-refractivity contribution >= 4 is 75.7 Å². The van der Waals surface area contributed by atoms with Gasteiger partial charge in [0.05, 0.1) is 31.0 Å². The second-order valence-corrected chi connectivity index (χ2v) is 9.70. The Morgan fingerprint density at radius 1 is 1.07 bits per heavy atom. The van der Waals surface area contributed by atoms with Crippen molar-refractivity contribution in [2.45, 2.75) is 25.5 Å². The second kappa shape index (κ2) is 10.8. The lowest BCUT2D eigenvalue weighted by Gasteiger charge is -2.21. The van der Waals surface area contributed by atoms with Crippen LogP contribution < -0.4 is 15.8 Å². The normalized spacial score (nSPS) is 12.7. The van der Waals surface area contributed by atoms with Crippen LogP contribution in [0.5, 0.6) is 11.5 Å². The van der Waals surface area contributed by atoms with Crippen molar-refractivity contribution in [3.63, 3.8) is 0 Å². The van der Waals surface area contributed by atoms with Gasteiger partial charge in [0, 0.05) is 6.42 Å². The van der Waals surface area contributed by atoms with E-state index in [1.54, 1.807) is 38.3 Å². The number of benzene rings is 2. The van der Waals surface area contributed by atoms with Crippen LogP contribution in [0.4, 0.5) is 4.79 Å². The Morgan fingerprint density at radius 2 is 1.60 bits per heavy atom. The number of halogens is 4. The van der Waals surface area contributed by atoms with E-state index in [4.69, 9.17) is 15.2 Å². The standard InChI is InChI=1S/C19H18Br4N2O5/c1-8(10-6-11(20)16(26)12(21)7-10)25-18(27)15(30-19(24)28)5-9-3-13(22)17(29-2)14(23)4-9/h3-4,6-8,15,26H,5H2,1-2H3,(H2,24,28)(H,25,27). The third kappa shape index (κ3) is 6.35. The highest BCUT2D eigenvalue weighted by Crippen LogP contribution is 2.36. The van der Waals surface area contributed by atoms with Crippen LogP contribution in [0.3, 0.4) is 0 Å². The Labute approximate surface area is 207 Å². The van der Waals surface area contributed by atoms with Crippen LogP contribution in [0.25, 0.3) is 0 Å². The summed E-state index contributed by atoms with van der Waals surface area (Å²) in [5, 5.41) is 12.7. The topological polar surface area (TPSA) is 111 Å². The lowest BCUT2D eigenvalue weighted by molar-refractivity contribution is -0.130. The maximum atomic E-state index is 12.8. The molecule has 2 aromatic rings. The van der Waals surface area contributed by atoms with E-state index in [1.165, 1.54) is 0 Å². The van der Waals surface area contributed by atoms with Crippen molar-refractivity contribution in [1.82, 2.24) is 5.32 Å². The molecule has 2 rings (SSSR count). The molecular weight excluding hydrogens is 656 g/mol. The molecule has 4 N–H and O–H groups in total. The molecule has 2 atom stereocenters. The number of primary amides is 1. The summed E-state index contributed by atoms with van der Waals surface area (Å²) in [4.78, 5) is 24.2. The van der Waals surface area contributed by atoms with E-state index in [2.05, 4.69) is 69.0 Å². The highest BCUT2D eigenvalue weighted by molar-refractivity contribution is 9.11. The number of nitrogens with two attached hydrogens (primary N) is 1. The predicted molar refractivity (Wildman–Crippen MR) is 127 cm³/mol. The van der Waals surface area contributed by atoms with E-state index < -0.39 is 24.1 Å². The van der Waals surface area contributed by atoms with Gasteiger partial charge in [0.15, 0.2) is 6.10 Å². The van der Waals surface area contributed by atoms with Gasteiger partial charge in [0.1, 0.15) is 11.5 Å². The summed E-state index contributed by atoms with van der Waals surface area (Å²) >= 11 is 13.3. The van der Waals surface area contributed by atoms with Crippen LogP contribution in [0.2, 0.25) is 0 Å². The molecule has 0 heterocycles. The Hall–Kier alpha value is -1.30. The quantitative estimate of drug-likeness (QED) is 0.368. The fraction of sp³-hybridized carbons (Fsp3) is 0.263. The SMILES string of the molecule is COc1c(Br)cc(CC(OC(N)=O)C(=O)NC(C)c2cc(Br)c(O)c(Br)c2)cc1Br. The van der Waals surface area contributed by atoms with Gasteiger partial charge < -0.3 is 25.6 Å². The number of hydrogen-bond donors (Lipinski definition) is 3. The molecule has 0 aromatic heterocycles. The fourth-order valence-corrected chi connectivity index (χ4v) is 5.52. The molecule has 11 heteroatoms. The highest BCUT2D eigenvalue weighted by atomic mass is 79.9. The Kier molecular flexibility index (Phi) is 9.01. The monoisotopic (exact) mass is 670 g/mol. The number of carbonyl (C=O) groups is 2. The molecule has 2 aromatic carbocycles. The van der Waals surface area contributed by atoms with Gasteiger partial charge in [0.2, 0.25) is 0 Å². The van der Waals surface area contributed by atoms with Crippen LogP contribution in [0, 0.1) is 0 Å². The zero-order valence-electron chi connectivity index (χ0n) is 15.8. The lowest BCUT2D eigenvalue weighted by atomic mass is 10.0. The molecule has 0 saturated heterocycles. The van der Waals surface area contributed by atoms with Gasteiger partial charge in [-0.2, -0.15) is 0 Å². The summed E-state index contributed by atoms with van der Waals surface area (Å²) in [5.74, 6) is 0.153. The third-order valence-corrected chi connectivity index (χ3v) is 6.52. The summed E-state index contributed by atoms with van der Waals surface area (Å²) in [6.45, 7) is 1.77. The molecule has 0 aliphatic rings. The van der Waals surface area contributed by atoms with Crippen molar-refractivity contribution in [3.05, 3.63) is 53.3 Å². The molecule has 0 spiro atoms. The van der Waals surface area contributed by atoms with Crippen LogP contribution in [0.1, 0.15) is 24.1 Å². The minimum Gasteiger partial charge on any atom is -0.506 e. The van der Waals surface area contributed by atoms with Crippen molar-refractivity contribution in [1.29, 1.82) is 0 Å². The molecule has 0 aliphatic carbocycles. The molecule has 0 aliphatic heterocycles. The molecular formula is C19H18Br4N2O5. The predicted octanol–water partition coefficient (Wildman–Crippen LogP) is 5.33. The molecule has 2 amide bonds. The molecule has 0 radical (unpaired) electrons. The molecule has 162 valence electrons. The van der Waals surface area contributed by atoms with Crippen molar-refractivity contribution in [2.24, 2.45) is 5.73 Å². The zero-order valence-corrected chi connectivity index (χ0v) is 22.2. The van der Waals surface area contributed by atoms with E-state index in [0.29, 0.717) is 23.6 Å². The van der Waals surface area contributed by atoms with E-state index in [1.807, 2.05) is 0 Å². The molecule has 0 fully saturated rings. The Balaban J connectivity index is 2.22. The van der Waals surface area contributed by atoms with Gasteiger partial charge in [-0.1, -0.05) is 0 Å². The largest absolute Gasteiger partial charge is 0.506 e. The van der Waals surface area contributed by atoms with Crippen molar-refractivity contribution in [3.8, 4) is 11.5 Å². The minimum atomic E-state index is -1.14. The summed E-state index contributed by atoms with van der Waals surface area (Å²) < 4.78 is 12.7. The Morgan fingerprint density at radius 3 is 2.07 bits per heavy atom.